The lowest BCUT2D eigenvalue weighted by Crippen LogP contribution is -2.50. The van der Waals surface area contributed by atoms with Crippen LogP contribution in [0.5, 0.6) is 0 Å². The van der Waals surface area contributed by atoms with E-state index in [1.807, 2.05) is 13.8 Å². The van der Waals surface area contributed by atoms with Crippen molar-refractivity contribution in [2.45, 2.75) is 32.0 Å². The van der Waals surface area contributed by atoms with Crippen LogP contribution < -0.4 is 5.32 Å². The Balaban J connectivity index is 1.99. The smallest absolute Gasteiger partial charge is 0.379 e. The maximum atomic E-state index is 12.7. The van der Waals surface area contributed by atoms with Crippen molar-refractivity contribution in [3.63, 3.8) is 0 Å². The molecule has 1 N–H and O–H groups in total. The SMILES string of the molecule is CC1(C)CN(C(=O)CCNc2ccc(C(F)(F)F)cc2[N+](=O)[O-])CCO1. The van der Waals surface area contributed by atoms with Crippen molar-refractivity contribution in [1.29, 1.82) is 0 Å². The van der Waals surface area contributed by atoms with Gasteiger partial charge in [0.05, 0.1) is 22.7 Å². The topological polar surface area (TPSA) is 84.7 Å². The van der Waals surface area contributed by atoms with Crippen molar-refractivity contribution in [3.05, 3.63) is 33.9 Å². The Morgan fingerprint density at radius 1 is 1.42 bits per heavy atom. The molecule has 0 radical (unpaired) electrons. The minimum atomic E-state index is -4.66. The number of benzene rings is 1. The van der Waals surface area contributed by atoms with Crippen LogP contribution >= 0.6 is 0 Å². The zero-order chi connectivity index (χ0) is 19.5. The molecule has 1 aliphatic rings. The first-order valence-electron chi connectivity index (χ1n) is 8.01. The standard InChI is InChI=1S/C16H20F3N3O4/c1-15(2)10-21(7-8-26-15)14(23)5-6-20-12-4-3-11(16(17,18)19)9-13(12)22(24)25/h3-4,9,20H,5-8,10H2,1-2H3. The molecule has 1 aliphatic heterocycles. The first kappa shape index (κ1) is 20.0. The molecule has 0 bridgehead atoms. The summed E-state index contributed by atoms with van der Waals surface area (Å²) in [5.74, 6) is -0.150. The van der Waals surface area contributed by atoms with Gasteiger partial charge in [0.25, 0.3) is 5.69 Å². The van der Waals surface area contributed by atoms with Gasteiger partial charge < -0.3 is 15.0 Å². The van der Waals surface area contributed by atoms with E-state index in [0.717, 1.165) is 12.1 Å². The van der Waals surface area contributed by atoms with Gasteiger partial charge in [-0.15, -0.1) is 0 Å². The van der Waals surface area contributed by atoms with E-state index < -0.39 is 28.0 Å². The quantitative estimate of drug-likeness (QED) is 0.632. The first-order valence-corrected chi connectivity index (χ1v) is 8.01. The number of halogens is 3. The molecule has 0 spiro atoms. The van der Waals surface area contributed by atoms with Crippen molar-refractivity contribution in [1.82, 2.24) is 4.90 Å². The summed E-state index contributed by atoms with van der Waals surface area (Å²) in [4.78, 5) is 24.0. The van der Waals surface area contributed by atoms with Crippen molar-refractivity contribution in [3.8, 4) is 0 Å². The predicted octanol–water partition coefficient (Wildman–Crippen LogP) is 3.05. The molecule has 1 amide bonds. The summed E-state index contributed by atoms with van der Waals surface area (Å²) in [6.07, 6.45) is -4.60. The molecule has 0 aromatic heterocycles. The zero-order valence-corrected chi connectivity index (χ0v) is 14.4. The number of ether oxygens (including phenoxy) is 1. The zero-order valence-electron chi connectivity index (χ0n) is 14.4. The van der Waals surface area contributed by atoms with Crippen LogP contribution in [0.2, 0.25) is 0 Å². The fraction of sp³-hybridized carbons (Fsp3) is 0.562. The van der Waals surface area contributed by atoms with E-state index in [0.29, 0.717) is 25.8 Å². The van der Waals surface area contributed by atoms with Crippen LogP contribution in [-0.4, -0.2) is 47.6 Å². The Hall–Kier alpha value is -2.36. The number of nitrogens with one attached hydrogen (secondary N) is 1. The van der Waals surface area contributed by atoms with Crippen LogP contribution in [0, 0.1) is 10.1 Å². The number of alkyl halides is 3. The number of amides is 1. The van der Waals surface area contributed by atoms with Gasteiger partial charge in [0.1, 0.15) is 5.69 Å². The predicted molar refractivity (Wildman–Crippen MR) is 87.8 cm³/mol. The number of nitro groups is 1. The molecule has 144 valence electrons. The molecule has 0 unspecified atom stereocenters. The number of hydrogen-bond acceptors (Lipinski definition) is 5. The average Bonchev–Trinajstić information content (AvgIpc) is 2.52. The molecule has 1 fully saturated rings. The van der Waals surface area contributed by atoms with E-state index in [1.165, 1.54) is 0 Å². The van der Waals surface area contributed by atoms with E-state index in [1.54, 1.807) is 4.90 Å². The normalized spacial score (nSPS) is 17.0. The lowest BCUT2D eigenvalue weighted by atomic mass is 10.1. The number of nitro benzene ring substituents is 1. The Morgan fingerprint density at radius 3 is 2.69 bits per heavy atom. The summed E-state index contributed by atoms with van der Waals surface area (Å²) >= 11 is 0. The third kappa shape index (κ3) is 5.07. The van der Waals surface area contributed by atoms with Crippen LogP contribution in [0.1, 0.15) is 25.8 Å². The van der Waals surface area contributed by atoms with Crippen molar-refractivity contribution >= 4 is 17.3 Å². The lowest BCUT2D eigenvalue weighted by Gasteiger charge is -2.38. The van der Waals surface area contributed by atoms with Crippen molar-refractivity contribution < 1.29 is 27.6 Å². The molecular weight excluding hydrogens is 355 g/mol. The molecular formula is C16H20F3N3O4. The molecule has 26 heavy (non-hydrogen) atoms. The highest BCUT2D eigenvalue weighted by atomic mass is 19.4. The van der Waals surface area contributed by atoms with Gasteiger partial charge in [-0.05, 0) is 26.0 Å². The summed E-state index contributed by atoms with van der Waals surface area (Å²) in [5, 5.41) is 13.7. The van der Waals surface area contributed by atoms with Gasteiger partial charge >= 0.3 is 6.18 Å². The van der Waals surface area contributed by atoms with Crippen LogP contribution in [0.25, 0.3) is 0 Å². The number of carbonyl (C=O) groups is 1. The maximum Gasteiger partial charge on any atom is 0.416 e. The Bertz CT molecular complexity index is 692. The van der Waals surface area contributed by atoms with Gasteiger partial charge in [-0.3, -0.25) is 14.9 Å². The minimum absolute atomic E-state index is 0.0573. The molecule has 1 saturated heterocycles. The van der Waals surface area contributed by atoms with Gasteiger partial charge in [0.15, 0.2) is 0 Å². The minimum Gasteiger partial charge on any atom is -0.379 e. The second-order valence-electron chi connectivity index (χ2n) is 6.59. The number of hydrogen-bond donors (Lipinski definition) is 1. The van der Waals surface area contributed by atoms with Gasteiger partial charge in [-0.25, -0.2) is 0 Å². The van der Waals surface area contributed by atoms with Gasteiger partial charge in [0, 0.05) is 32.1 Å². The Kier molecular flexibility index (Phi) is 5.74. The van der Waals surface area contributed by atoms with E-state index in [9.17, 15) is 28.1 Å². The van der Waals surface area contributed by atoms with E-state index >= 15 is 0 Å². The van der Waals surface area contributed by atoms with Crippen molar-refractivity contribution in [2.75, 3.05) is 31.6 Å². The van der Waals surface area contributed by atoms with Gasteiger partial charge in [-0.2, -0.15) is 13.2 Å². The molecule has 1 heterocycles. The van der Waals surface area contributed by atoms with Crippen LogP contribution in [0.3, 0.4) is 0 Å². The molecule has 0 aliphatic carbocycles. The molecule has 2 rings (SSSR count). The highest BCUT2D eigenvalue weighted by Gasteiger charge is 2.33. The van der Waals surface area contributed by atoms with Crippen LogP contribution in [0.15, 0.2) is 18.2 Å². The maximum absolute atomic E-state index is 12.7. The van der Waals surface area contributed by atoms with Gasteiger partial charge in [-0.1, -0.05) is 0 Å². The monoisotopic (exact) mass is 375 g/mol. The molecule has 0 atom stereocenters. The number of morpholine rings is 1. The van der Waals surface area contributed by atoms with Crippen LogP contribution in [-0.2, 0) is 15.7 Å². The van der Waals surface area contributed by atoms with Gasteiger partial charge in [0.2, 0.25) is 5.91 Å². The third-order valence-corrected chi connectivity index (χ3v) is 3.95. The highest BCUT2D eigenvalue weighted by Crippen LogP contribution is 2.34. The summed E-state index contributed by atoms with van der Waals surface area (Å²) in [7, 11) is 0. The average molecular weight is 375 g/mol. The first-order chi connectivity index (χ1) is 12.0. The van der Waals surface area contributed by atoms with E-state index in [2.05, 4.69) is 5.32 Å². The molecule has 7 nitrogen and oxygen atoms in total. The van der Waals surface area contributed by atoms with Crippen LogP contribution in [0.4, 0.5) is 24.5 Å². The third-order valence-electron chi connectivity index (χ3n) is 3.95. The summed E-state index contributed by atoms with van der Waals surface area (Å²) in [5.41, 5.74) is -2.27. The van der Waals surface area contributed by atoms with E-state index in [-0.39, 0.29) is 24.6 Å². The van der Waals surface area contributed by atoms with Crippen molar-refractivity contribution in [2.24, 2.45) is 0 Å². The second kappa shape index (κ2) is 7.48. The number of anilines is 1. The Labute approximate surface area is 148 Å². The molecule has 10 heteroatoms. The Morgan fingerprint density at radius 2 is 2.12 bits per heavy atom. The lowest BCUT2D eigenvalue weighted by molar-refractivity contribution is -0.384. The van der Waals surface area contributed by atoms with E-state index in [4.69, 9.17) is 4.74 Å². The summed E-state index contributed by atoms with van der Waals surface area (Å²) in [6, 6.07) is 2.25. The summed E-state index contributed by atoms with van der Waals surface area (Å²) in [6.45, 7) is 5.14. The molecule has 1 aromatic rings. The number of rotatable bonds is 5. The highest BCUT2D eigenvalue weighted by molar-refractivity contribution is 5.77. The molecule has 0 saturated carbocycles. The largest absolute Gasteiger partial charge is 0.416 e. The fourth-order valence-electron chi connectivity index (χ4n) is 2.70. The fourth-order valence-corrected chi connectivity index (χ4v) is 2.70. The summed E-state index contributed by atoms with van der Waals surface area (Å²) < 4.78 is 43.6. The second-order valence-corrected chi connectivity index (χ2v) is 6.59. The number of nitrogens with zero attached hydrogens (tertiary/aromatic N) is 2. The molecule has 1 aromatic carbocycles. The number of carbonyl (C=O) groups excluding carboxylic acids is 1.